The molecule has 0 atom stereocenters. The number of thiophene rings is 1. The van der Waals surface area contributed by atoms with Crippen LogP contribution in [-0.2, 0) is 6.54 Å². The van der Waals surface area contributed by atoms with Crippen LogP contribution < -0.4 is 5.32 Å². The molecule has 21 heavy (non-hydrogen) atoms. The van der Waals surface area contributed by atoms with E-state index in [0.29, 0.717) is 11.5 Å². The lowest BCUT2D eigenvalue weighted by atomic mass is 9.75. The minimum atomic E-state index is 0.557. The van der Waals surface area contributed by atoms with Crippen molar-refractivity contribution in [2.45, 2.75) is 52.1 Å². The summed E-state index contributed by atoms with van der Waals surface area (Å²) < 4.78 is 0. The Morgan fingerprint density at radius 1 is 1.05 bits per heavy atom. The second-order valence-electron chi connectivity index (χ2n) is 6.95. The average Bonchev–Trinajstić information content (AvgIpc) is 2.96. The van der Waals surface area contributed by atoms with Gasteiger partial charge in [0.15, 0.2) is 0 Å². The number of hydrogen-bond acceptors (Lipinski definition) is 2. The molecular formula is C19H25NS. The van der Waals surface area contributed by atoms with Crippen LogP contribution in [0.1, 0.15) is 44.4 Å². The Hall–Kier alpha value is -1.12. The highest BCUT2D eigenvalue weighted by molar-refractivity contribution is 7.15. The molecule has 112 valence electrons. The molecule has 0 saturated heterocycles. The Morgan fingerprint density at radius 2 is 1.76 bits per heavy atom. The van der Waals surface area contributed by atoms with Gasteiger partial charge in [-0.05, 0) is 48.8 Å². The summed E-state index contributed by atoms with van der Waals surface area (Å²) in [5.41, 5.74) is 1.88. The second-order valence-corrected chi connectivity index (χ2v) is 8.12. The Balaban J connectivity index is 1.54. The molecule has 1 aromatic carbocycles. The van der Waals surface area contributed by atoms with Crippen molar-refractivity contribution < 1.29 is 0 Å². The zero-order valence-corrected chi connectivity index (χ0v) is 13.9. The van der Waals surface area contributed by atoms with Crippen LogP contribution in [0.2, 0.25) is 0 Å². The highest BCUT2D eigenvalue weighted by Gasteiger charge is 2.26. The van der Waals surface area contributed by atoms with E-state index in [1.165, 1.54) is 41.0 Å². The number of benzene rings is 1. The number of hydrogen-bond donors (Lipinski definition) is 1. The van der Waals surface area contributed by atoms with Gasteiger partial charge in [-0.3, -0.25) is 0 Å². The van der Waals surface area contributed by atoms with Gasteiger partial charge < -0.3 is 5.32 Å². The van der Waals surface area contributed by atoms with E-state index in [4.69, 9.17) is 0 Å². The van der Waals surface area contributed by atoms with Crippen LogP contribution in [0, 0.1) is 5.41 Å². The number of nitrogens with one attached hydrogen (secondary N) is 1. The maximum atomic E-state index is 3.75. The topological polar surface area (TPSA) is 12.0 Å². The highest BCUT2D eigenvalue weighted by Crippen LogP contribution is 2.35. The first-order valence-corrected chi connectivity index (χ1v) is 8.82. The predicted molar refractivity (Wildman–Crippen MR) is 92.6 cm³/mol. The zero-order valence-electron chi connectivity index (χ0n) is 13.1. The van der Waals surface area contributed by atoms with Crippen LogP contribution in [0.25, 0.3) is 10.4 Å². The van der Waals surface area contributed by atoms with E-state index in [1.807, 2.05) is 11.3 Å². The fourth-order valence-electron chi connectivity index (χ4n) is 3.08. The van der Waals surface area contributed by atoms with Gasteiger partial charge in [-0.25, -0.2) is 0 Å². The Labute approximate surface area is 132 Å². The fraction of sp³-hybridized carbons (Fsp3) is 0.474. The van der Waals surface area contributed by atoms with Crippen molar-refractivity contribution in [3.63, 3.8) is 0 Å². The van der Waals surface area contributed by atoms with E-state index in [2.05, 4.69) is 61.6 Å². The summed E-state index contributed by atoms with van der Waals surface area (Å²) in [5.74, 6) is 0. The summed E-state index contributed by atoms with van der Waals surface area (Å²) in [4.78, 5) is 2.82. The Bertz CT molecular complexity index is 560. The lowest BCUT2D eigenvalue weighted by Crippen LogP contribution is -2.34. The first-order chi connectivity index (χ1) is 10.1. The largest absolute Gasteiger partial charge is 0.309 e. The smallest absolute Gasteiger partial charge is 0.0346 e. The molecule has 1 heterocycles. The zero-order chi connectivity index (χ0) is 14.7. The van der Waals surface area contributed by atoms with Gasteiger partial charge in [-0.2, -0.15) is 0 Å². The maximum Gasteiger partial charge on any atom is 0.0346 e. The van der Waals surface area contributed by atoms with E-state index in [1.54, 1.807) is 0 Å². The van der Waals surface area contributed by atoms with Crippen LogP contribution in [0.5, 0.6) is 0 Å². The van der Waals surface area contributed by atoms with Gasteiger partial charge in [0.1, 0.15) is 0 Å². The van der Waals surface area contributed by atoms with Crippen molar-refractivity contribution >= 4 is 11.3 Å². The predicted octanol–water partition coefficient (Wildman–Crippen LogP) is 5.47. The van der Waals surface area contributed by atoms with Crippen molar-refractivity contribution in [2.24, 2.45) is 5.41 Å². The molecule has 1 fully saturated rings. The molecule has 3 rings (SSSR count). The third kappa shape index (κ3) is 3.96. The standard InChI is InChI=1S/C19H25NS/c1-19(2)12-10-16(11-13-19)20-14-17-8-9-18(21-17)15-6-4-3-5-7-15/h3-9,16,20H,10-14H2,1-2H3. The van der Waals surface area contributed by atoms with Gasteiger partial charge in [-0.1, -0.05) is 44.2 Å². The van der Waals surface area contributed by atoms with Crippen LogP contribution in [-0.4, -0.2) is 6.04 Å². The normalized spacial score (nSPS) is 18.8. The van der Waals surface area contributed by atoms with Crippen LogP contribution in [0.15, 0.2) is 42.5 Å². The van der Waals surface area contributed by atoms with Crippen molar-refractivity contribution in [3.8, 4) is 10.4 Å². The Morgan fingerprint density at radius 3 is 2.48 bits per heavy atom. The minimum absolute atomic E-state index is 0.557. The van der Waals surface area contributed by atoms with Crippen molar-refractivity contribution in [2.75, 3.05) is 0 Å². The summed E-state index contributed by atoms with van der Waals surface area (Å²) in [6.45, 7) is 5.81. The molecule has 1 saturated carbocycles. The van der Waals surface area contributed by atoms with Gasteiger partial charge in [0.2, 0.25) is 0 Å². The summed E-state index contributed by atoms with van der Waals surface area (Å²) in [7, 11) is 0. The maximum absolute atomic E-state index is 3.75. The lowest BCUT2D eigenvalue weighted by Gasteiger charge is -2.34. The van der Waals surface area contributed by atoms with E-state index >= 15 is 0 Å². The van der Waals surface area contributed by atoms with Gasteiger partial charge >= 0.3 is 0 Å². The molecule has 1 aliphatic rings. The Kier molecular flexibility index (Phi) is 4.46. The molecule has 0 bridgehead atoms. The lowest BCUT2D eigenvalue weighted by molar-refractivity contribution is 0.206. The molecule has 0 amide bonds. The molecule has 0 aliphatic heterocycles. The van der Waals surface area contributed by atoms with E-state index in [-0.39, 0.29) is 0 Å². The molecule has 1 aromatic heterocycles. The quantitative estimate of drug-likeness (QED) is 0.789. The van der Waals surface area contributed by atoms with E-state index in [0.717, 1.165) is 6.54 Å². The minimum Gasteiger partial charge on any atom is -0.309 e. The molecule has 0 spiro atoms. The average molecular weight is 299 g/mol. The highest BCUT2D eigenvalue weighted by atomic mass is 32.1. The summed E-state index contributed by atoms with van der Waals surface area (Å²) in [6, 6.07) is 15.9. The van der Waals surface area contributed by atoms with Crippen LogP contribution in [0.4, 0.5) is 0 Å². The first kappa shape index (κ1) is 14.8. The molecule has 0 unspecified atom stereocenters. The summed E-state index contributed by atoms with van der Waals surface area (Å²) in [6.07, 6.45) is 5.35. The molecule has 1 N–H and O–H groups in total. The molecule has 2 aromatic rings. The van der Waals surface area contributed by atoms with Gasteiger partial charge in [0.25, 0.3) is 0 Å². The summed E-state index contributed by atoms with van der Waals surface area (Å²) >= 11 is 1.91. The van der Waals surface area contributed by atoms with Gasteiger partial charge in [0.05, 0.1) is 0 Å². The van der Waals surface area contributed by atoms with Gasteiger partial charge in [-0.15, -0.1) is 11.3 Å². The van der Waals surface area contributed by atoms with Crippen molar-refractivity contribution in [1.82, 2.24) is 5.32 Å². The van der Waals surface area contributed by atoms with E-state index in [9.17, 15) is 0 Å². The van der Waals surface area contributed by atoms with E-state index < -0.39 is 0 Å². The van der Waals surface area contributed by atoms with Crippen LogP contribution in [0.3, 0.4) is 0 Å². The summed E-state index contributed by atoms with van der Waals surface area (Å²) in [5, 5.41) is 3.75. The van der Waals surface area contributed by atoms with Crippen molar-refractivity contribution in [3.05, 3.63) is 47.3 Å². The molecule has 1 nitrogen and oxygen atoms in total. The third-order valence-corrected chi connectivity index (χ3v) is 5.76. The van der Waals surface area contributed by atoms with Crippen molar-refractivity contribution in [1.29, 1.82) is 0 Å². The first-order valence-electron chi connectivity index (χ1n) is 8.00. The molecule has 1 aliphatic carbocycles. The number of rotatable bonds is 4. The van der Waals surface area contributed by atoms with Gasteiger partial charge in [0, 0.05) is 22.3 Å². The molecular weight excluding hydrogens is 274 g/mol. The monoisotopic (exact) mass is 299 g/mol. The fourth-order valence-corrected chi connectivity index (χ4v) is 4.04. The molecule has 0 radical (unpaired) electrons. The SMILES string of the molecule is CC1(C)CCC(NCc2ccc(-c3ccccc3)s2)CC1. The van der Waals surface area contributed by atoms with Crippen LogP contribution >= 0.6 is 11.3 Å². The second kappa shape index (κ2) is 6.33. The molecule has 2 heteroatoms. The third-order valence-electron chi connectivity index (χ3n) is 4.62.